The van der Waals surface area contributed by atoms with E-state index < -0.39 is 24.2 Å². The summed E-state index contributed by atoms with van der Waals surface area (Å²) in [5.41, 5.74) is 0.534. The number of benzene rings is 1. The van der Waals surface area contributed by atoms with Crippen molar-refractivity contribution >= 4 is 33.6 Å². The minimum Gasteiger partial charge on any atom is -0.465 e. The Balaban J connectivity index is 2.09. The predicted octanol–water partition coefficient (Wildman–Crippen LogP) is 2.48. The fourth-order valence-corrected chi connectivity index (χ4v) is 2.44. The van der Waals surface area contributed by atoms with Gasteiger partial charge in [0.2, 0.25) is 5.91 Å². The van der Waals surface area contributed by atoms with E-state index >= 15 is 0 Å². The minimum absolute atomic E-state index is 0.105. The molecule has 0 aliphatic carbocycles. The molecule has 2 N–H and O–H groups in total. The second kappa shape index (κ2) is 5.56. The van der Waals surface area contributed by atoms with Gasteiger partial charge in [-0.1, -0.05) is 22.0 Å². The third-order valence-electron chi connectivity index (χ3n) is 2.89. The highest BCUT2D eigenvalue weighted by atomic mass is 79.9. The summed E-state index contributed by atoms with van der Waals surface area (Å²) in [7, 11) is 0. The molecule has 19 heavy (non-hydrogen) atoms. The lowest BCUT2D eigenvalue weighted by atomic mass is 10.2. The number of nitrogens with one attached hydrogen (secondary N) is 1. The molecule has 0 aromatic heterocycles. The first kappa shape index (κ1) is 13.8. The van der Waals surface area contributed by atoms with E-state index in [2.05, 4.69) is 21.2 Å². The van der Waals surface area contributed by atoms with Crippen LogP contribution < -0.4 is 5.32 Å². The fraction of sp³-hybridized carbons (Fsp3) is 0.333. The molecule has 1 aliphatic heterocycles. The van der Waals surface area contributed by atoms with E-state index in [-0.39, 0.29) is 13.0 Å². The highest BCUT2D eigenvalue weighted by Crippen LogP contribution is 2.23. The second-order valence-corrected chi connectivity index (χ2v) is 5.20. The number of likely N-dealkylation sites (tertiary alicyclic amines) is 1. The maximum atomic E-state index is 13.3. The van der Waals surface area contributed by atoms with Crippen LogP contribution in [-0.2, 0) is 4.79 Å². The smallest absolute Gasteiger partial charge is 0.408 e. The molecule has 2 rings (SSSR count). The Morgan fingerprint density at radius 1 is 1.47 bits per heavy atom. The number of hydrogen-bond acceptors (Lipinski definition) is 2. The quantitative estimate of drug-likeness (QED) is 0.875. The van der Waals surface area contributed by atoms with Crippen LogP contribution in [-0.4, -0.2) is 40.8 Å². The van der Waals surface area contributed by atoms with Gasteiger partial charge < -0.3 is 10.4 Å². The zero-order valence-corrected chi connectivity index (χ0v) is 11.4. The second-order valence-electron chi connectivity index (χ2n) is 4.28. The van der Waals surface area contributed by atoms with E-state index in [1.54, 1.807) is 24.3 Å². The van der Waals surface area contributed by atoms with Crippen molar-refractivity contribution in [2.75, 3.05) is 11.9 Å². The van der Waals surface area contributed by atoms with Crippen LogP contribution in [0.15, 0.2) is 28.7 Å². The molecule has 0 saturated carbocycles. The molecule has 1 heterocycles. The van der Waals surface area contributed by atoms with Crippen molar-refractivity contribution in [1.29, 1.82) is 0 Å². The van der Waals surface area contributed by atoms with Crippen LogP contribution in [0.2, 0.25) is 0 Å². The van der Waals surface area contributed by atoms with Crippen molar-refractivity contribution in [2.24, 2.45) is 0 Å². The monoisotopic (exact) mass is 330 g/mol. The van der Waals surface area contributed by atoms with Crippen LogP contribution in [0.5, 0.6) is 0 Å². The van der Waals surface area contributed by atoms with Gasteiger partial charge in [-0.3, -0.25) is 9.69 Å². The number of carboxylic acid groups (broad SMARTS) is 1. The predicted molar refractivity (Wildman–Crippen MR) is 70.8 cm³/mol. The minimum atomic E-state index is -1.30. The average molecular weight is 331 g/mol. The molecule has 1 aromatic carbocycles. The maximum absolute atomic E-state index is 13.3. The SMILES string of the molecule is O=C(Nc1cccc(Br)c1)[C@@H]1C[C@@H](F)CN1C(=O)O. The first-order valence-corrected chi connectivity index (χ1v) is 6.46. The lowest BCUT2D eigenvalue weighted by molar-refractivity contribution is -0.119. The topological polar surface area (TPSA) is 69.6 Å². The summed E-state index contributed by atoms with van der Waals surface area (Å²) in [4.78, 5) is 23.8. The van der Waals surface area contributed by atoms with Crippen LogP contribution in [0.3, 0.4) is 0 Å². The molecular weight excluding hydrogens is 319 g/mol. The molecule has 7 heteroatoms. The van der Waals surface area contributed by atoms with Gasteiger partial charge in [-0.15, -0.1) is 0 Å². The molecule has 2 atom stereocenters. The van der Waals surface area contributed by atoms with Crippen molar-refractivity contribution in [3.8, 4) is 0 Å². The summed E-state index contributed by atoms with van der Waals surface area (Å²) in [6.45, 7) is -0.258. The van der Waals surface area contributed by atoms with Gasteiger partial charge in [0.1, 0.15) is 12.2 Å². The molecule has 2 amide bonds. The maximum Gasteiger partial charge on any atom is 0.408 e. The Morgan fingerprint density at radius 2 is 2.21 bits per heavy atom. The summed E-state index contributed by atoms with van der Waals surface area (Å²) < 4.78 is 14.0. The largest absolute Gasteiger partial charge is 0.465 e. The van der Waals surface area contributed by atoms with Gasteiger partial charge in [0, 0.05) is 16.6 Å². The Bertz CT molecular complexity index is 512. The van der Waals surface area contributed by atoms with Crippen molar-refractivity contribution in [3.63, 3.8) is 0 Å². The Hall–Kier alpha value is -1.63. The van der Waals surface area contributed by atoms with Crippen LogP contribution in [0.1, 0.15) is 6.42 Å². The zero-order valence-electron chi connectivity index (χ0n) is 9.85. The summed E-state index contributed by atoms with van der Waals surface area (Å²) in [5, 5.41) is 11.5. The molecule has 0 spiro atoms. The van der Waals surface area contributed by atoms with Gasteiger partial charge in [-0.25, -0.2) is 9.18 Å². The average Bonchev–Trinajstić information content (AvgIpc) is 2.71. The highest BCUT2D eigenvalue weighted by molar-refractivity contribution is 9.10. The number of carbonyl (C=O) groups excluding carboxylic acids is 1. The van der Waals surface area contributed by atoms with E-state index in [1.807, 2.05) is 0 Å². The van der Waals surface area contributed by atoms with Crippen LogP contribution in [0.4, 0.5) is 14.9 Å². The third kappa shape index (κ3) is 3.23. The van der Waals surface area contributed by atoms with Crippen molar-refractivity contribution in [2.45, 2.75) is 18.6 Å². The van der Waals surface area contributed by atoms with E-state index in [0.717, 1.165) is 9.37 Å². The number of carbonyl (C=O) groups is 2. The number of hydrogen-bond donors (Lipinski definition) is 2. The van der Waals surface area contributed by atoms with Crippen LogP contribution >= 0.6 is 15.9 Å². The first-order valence-electron chi connectivity index (χ1n) is 5.67. The Morgan fingerprint density at radius 3 is 2.84 bits per heavy atom. The van der Waals surface area contributed by atoms with E-state index in [0.29, 0.717) is 5.69 Å². The summed E-state index contributed by atoms with van der Waals surface area (Å²) in [5.74, 6) is -0.513. The number of alkyl halides is 1. The third-order valence-corrected chi connectivity index (χ3v) is 3.38. The molecule has 1 saturated heterocycles. The normalized spacial score (nSPS) is 22.3. The van der Waals surface area contributed by atoms with Crippen LogP contribution in [0.25, 0.3) is 0 Å². The van der Waals surface area contributed by atoms with Gasteiger partial charge in [0.15, 0.2) is 0 Å². The first-order chi connectivity index (χ1) is 8.97. The van der Waals surface area contributed by atoms with E-state index in [4.69, 9.17) is 5.11 Å². The number of nitrogens with zero attached hydrogens (tertiary/aromatic N) is 1. The van der Waals surface area contributed by atoms with Gasteiger partial charge in [0.25, 0.3) is 0 Å². The molecule has 0 unspecified atom stereocenters. The molecule has 0 radical (unpaired) electrons. The molecule has 5 nitrogen and oxygen atoms in total. The molecular formula is C12H12BrFN2O3. The summed E-state index contributed by atoms with van der Waals surface area (Å²) in [6.07, 6.45) is -2.68. The number of rotatable bonds is 2. The van der Waals surface area contributed by atoms with Crippen LogP contribution in [0, 0.1) is 0 Å². The zero-order chi connectivity index (χ0) is 14.0. The summed E-state index contributed by atoms with van der Waals surface area (Å²) in [6, 6.07) is 5.92. The lowest BCUT2D eigenvalue weighted by Gasteiger charge is -2.20. The fourth-order valence-electron chi connectivity index (χ4n) is 2.04. The van der Waals surface area contributed by atoms with Crippen molar-refractivity contribution in [1.82, 2.24) is 4.90 Å². The van der Waals surface area contributed by atoms with Crippen molar-refractivity contribution in [3.05, 3.63) is 28.7 Å². The van der Waals surface area contributed by atoms with Gasteiger partial charge >= 0.3 is 6.09 Å². The van der Waals surface area contributed by atoms with Crippen molar-refractivity contribution < 1.29 is 19.1 Å². The van der Waals surface area contributed by atoms with Gasteiger partial charge in [-0.05, 0) is 18.2 Å². The molecule has 1 aliphatic rings. The summed E-state index contributed by atoms with van der Waals surface area (Å²) >= 11 is 3.26. The van der Waals surface area contributed by atoms with Gasteiger partial charge in [0.05, 0.1) is 6.54 Å². The Kier molecular flexibility index (Phi) is 4.04. The van der Waals surface area contributed by atoms with E-state index in [1.165, 1.54) is 0 Å². The molecule has 1 fully saturated rings. The highest BCUT2D eigenvalue weighted by Gasteiger charge is 2.39. The number of halogens is 2. The number of amides is 2. The molecule has 1 aromatic rings. The van der Waals surface area contributed by atoms with Gasteiger partial charge in [-0.2, -0.15) is 0 Å². The molecule has 102 valence electrons. The van der Waals surface area contributed by atoms with E-state index in [9.17, 15) is 14.0 Å². The standard InChI is InChI=1S/C12H12BrFN2O3/c13-7-2-1-3-9(4-7)15-11(17)10-5-8(14)6-16(10)12(18)19/h1-4,8,10H,5-6H2,(H,15,17)(H,18,19)/t8-,10+/m1/s1. The lowest BCUT2D eigenvalue weighted by Crippen LogP contribution is -2.42. The number of anilines is 1. The molecule has 0 bridgehead atoms. The Labute approximate surface area is 117 Å².